The molecule has 100 valence electrons. The molecule has 0 aromatic heterocycles. The summed E-state index contributed by atoms with van der Waals surface area (Å²) in [5, 5.41) is 15.6. The second-order valence-electron chi connectivity index (χ2n) is 5.36. The van der Waals surface area contributed by atoms with E-state index in [-0.39, 0.29) is 18.1 Å². The molecule has 4 nitrogen and oxygen atoms in total. The first-order valence-electron chi connectivity index (χ1n) is 6.74. The monoisotopic (exact) mass is 242 g/mol. The molecule has 1 aliphatic carbocycles. The summed E-state index contributed by atoms with van der Waals surface area (Å²) in [6.45, 7) is 5.52. The van der Waals surface area contributed by atoms with Gasteiger partial charge in [-0.3, -0.25) is 4.79 Å². The minimum absolute atomic E-state index is 0.00148. The third-order valence-corrected chi connectivity index (χ3v) is 3.51. The Bertz CT molecular complexity index is 246. The number of aliphatic hydroxyl groups is 1. The maximum Gasteiger partial charge on any atom is 0.234 e. The van der Waals surface area contributed by atoms with E-state index in [2.05, 4.69) is 24.5 Å². The molecule has 3 N–H and O–H groups in total. The van der Waals surface area contributed by atoms with Gasteiger partial charge in [0.2, 0.25) is 5.91 Å². The Labute approximate surface area is 104 Å². The average Bonchev–Trinajstić information content (AvgIpc) is 2.29. The summed E-state index contributed by atoms with van der Waals surface area (Å²) < 4.78 is 0. The van der Waals surface area contributed by atoms with E-state index in [1.807, 2.05) is 0 Å². The lowest BCUT2D eigenvalue weighted by Crippen LogP contribution is -2.55. The maximum absolute atomic E-state index is 11.8. The third kappa shape index (κ3) is 4.64. The van der Waals surface area contributed by atoms with Gasteiger partial charge in [0.25, 0.3) is 0 Å². The first-order chi connectivity index (χ1) is 8.12. The van der Waals surface area contributed by atoms with Crippen LogP contribution in [-0.2, 0) is 4.79 Å². The van der Waals surface area contributed by atoms with E-state index >= 15 is 0 Å². The molecule has 2 unspecified atom stereocenters. The van der Waals surface area contributed by atoms with E-state index < -0.39 is 0 Å². The molecule has 1 fully saturated rings. The molecule has 1 aliphatic rings. The van der Waals surface area contributed by atoms with E-state index in [9.17, 15) is 9.90 Å². The number of hydrogen-bond acceptors (Lipinski definition) is 3. The summed E-state index contributed by atoms with van der Waals surface area (Å²) in [6.07, 6.45) is 5.10. The Hall–Kier alpha value is -0.610. The Morgan fingerprint density at radius 3 is 2.88 bits per heavy atom. The smallest absolute Gasteiger partial charge is 0.234 e. The predicted molar refractivity (Wildman–Crippen MR) is 68.8 cm³/mol. The fraction of sp³-hybridized carbons (Fsp3) is 0.923. The van der Waals surface area contributed by atoms with Crippen LogP contribution >= 0.6 is 0 Å². The summed E-state index contributed by atoms with van der Waals surface area (Å²) in [7, 11) is 0. The summed E-state index contributed by atoms with van der Waals surface area (Å²) >= 11 is 0. The molecule has 0 bridgehead atoms. The molecule has 4 heteroatoms. The second-order valence-corrected chi connectivity index (χ2v) is 5.36. The standard InChI is InChI=1S/C13H26N2O2/c1-3-7-14-9-12(17)15-13(10-16)6-4-5-11(2)8-13/h11,14,16H,3-10H2,1-2H3,(H,15,17). The molecular formula is C13H26N2O2. The minimum Gasteiger partial charge on any atom is -0.394 e. The molecule has 1 amide bonds. The SMILES string of the molecule is CCCNCC(=O)NC1(CO)CCCC(C)C1. The molecule has 0 radical (unpaired) electrons. The molecule has 0 saturated heterocycles. The lowest BCUT2D eigenvalue weighted by molar-refractivity contribution is -0.123. The molecule has 17 heavy (non-hydrogen) atoms. The number of amides is 1. The van der Waals surface area contributed by atoms with Crippen LogP contribution < -0.4 is 10.6 Å². The molecule has 0 aromatic rings. The largest absolute Gasteiger partial charge is 0.394 e. The number of hydrogen-bond donors (Lipinski definition) is 3. The minimum atomic E-state index is -0.372. The summed E-state index contributed by atoms with van der Waals surface area (Å²) in [5.41, 5.74) is -0.372. The van der Waals surface area contributed by atoms with Gasteiger partial charge in [-0.25, -0.2) is 0 Å². The summed E-state index contributed by atoms with van der Waals surface area (Å²) in [6, 6.07) is 0. The van der Waals surface area contributed by atoms with Gasteiger partial charge in [-0.05, 0) is 31.7 Å². The maximum atomic E-state index is 11.8. The first-order valence-corrected chi connectivity index (χ1v) is 6.74. The molecule has 1 saturated carbocycles. The quantitative estimate of drug-likeness (QED) is 0.610. The Balaban J connectivity index is 2.42. The van der Waals surface area contributed by atoms with Gasteiger partial charge in [0, 0.05) is 0 Å². The fourth-order valence-corrected chi connectivity index (χ4v) is 2.68. The number of nitrogens with one attached hydrogen (secondary N) is 2. The van der Waals surface area contributed by atoms with Crippen molar-refractivity contribution in [1.82, 2.24) is 10.6 Å². The predicted octanol–water partition coefficient (Wildman–Crippen LogP) is 1.04. The Morgan fingerprint density at radius 1 is 1.53 bits per heavy atom. The van der Waals surface area contributed by atoms with Crippen LogP contribution in [0.3, 0.4) is 0 Å². The Morgan fingerprint density at radius 2 is 2.29 bits per heavy atom. The average molecular weight is 242 g/mol. The molecular weight excluding hydrogens is 216 g/mol. The van der Waals surface area contributed by atoms with E-state index in [0.29, 0.717) is 12.5 Å². The fourth-order valence-electron chi connectivity index (χ4n) is 2.68. The Kier molecular flexibility index (Phi) is 5.92. The zero-order chi connectivity index (χ0) is 12.7. The number of aliphatic hydroxyl groups excluding tert-OH is 1. The third-order valence-electron chi connectivity index (χ3n) is 3.51. The molecule has 0 aromatic carbocycles. The van der Waals surface area contributed by atoms with Crippen molar-refractivity contribution >= 4 is 5.91 Å². The lowest BCUT2D eigenvalue weighted by Gasteiger charge is -2.39. The molecule has 0 spiro atoms. The second kappa shape index (κ2) is 6.97. The van der Waals surface area contributed by atoms with Crippen molar-refractivity contribution in [1.29, 1.82) is 0 Å². The van der Waals surface area contributed by atoms with Crippen molar-refractivity contribution < 1.29 is 9.90 Å². The highest BCUT2D eigenvalue weighted by molar-refractivity contribution is 5.78. The first kappa shape index (κ1) is 14.5. The topological polar surface area (TPSA) is 61.4 Å². The highest BCUT2D eigenvalue weighted by Gasteiger charge is 2.35. The van der Waals surface area contributed by atoms with Gasteiger partial charge < -0.3 is 15.7 Å². The zero-order valence-corrected chi connectivity index (χ0v) is 11.1. The van der Waals surface area contributed by atoms with Crippen molar-refractivity contribution in [2.24, 2.45) is 5.92 Å². The molecule has 2 atom stereocenters. The molecule has 0 heterocycles. The van der Waals surface area contributed by atoms with Crippen molar-refractivity contribution in [2.45, 2.75) is 51.5 Å². The van der Waals surface area contributed by atoms with Crippen molar-refractivity contribution in [3.63, 3.8) is 0 Å². The van der Waals surface area contributed by atoms with Gasteiger partial charge in [0.15, 0.2) is 0 Å². The highest BCUT2D eigenvalue weighted by Crippen LogP contribution is 2.31. The van der Waals surface area contributed by atoms with Gasteiger partial charge in [-0.15, -0.1) is 0 Å². The molecule has 0 aliphatic heterocycles. The normalized spacial score (nSPS) is 29.0. The van der Waals surface area contributed by atoms with Crippen LogP contribution in [0.2, 0.25) is 0 Å². The van der Waals surface area contributed by atoms with Gasteiger partial charge in [-0.1, -0.05) is 26.7 Å². The van der Waals surface area contributed by atoms with Crippen LogP contribution in [0.15, 0.2) is 0 Å². The van der Waals surface area contributed by atoms with Crippen molar-refractivity contribution in [2.75, 3.05) is 19.7 Å². The van der Waals surface area contributed by atoms with Crippen LogP contribution in [0.4, 0.5) is 0 Å². The van der Waals surface area contributed by atoms with Crippen LogP contribution in [-0.4, -0.2) is 36.2 Å². The summed E-state index contributed by atoms with van der Waals surface area (Å²) in [4.78, 5) is 11.8. The van der Waals surface area contributed by atoms with E-state index in [1.54, 1.807) is 0 Å². The van der Waals surface area contributed by atoms with Crippen molar-refractivity contribution in [3.05, 3.63) is 0 Å². The van der Waals surface area contributed by atoms with Gasteiger partial charge in [-0.2, -0.15) is 0 Å². The number of carbonyl (C=O) groups is 1. The highest BCUT2D eigenvalue weighted by atomic mass is 16.3. The van der Waals surface area contributed by atoms with E-state index in [0.717, 1.165) is 32.2 Å². The van der Waals surface area contributed by atoms with Crippen LogP contribution in [0, 0.1) is 5.92 Å². The van der Waals surface area contributed by atoms with Gasteiger partial charge >= 0.3 is 0 Å². The zero-order valence-electron chi connectivity index (χ0n) is 11.1. The van der Waals surface area contributed by atoms with Crippen LogP contribution in [0.25, 0.3) is 0 Å². The molecule has 1 rings (SSSR count). The summed E-state index contributed by atoms with van der Waals surface area (Å²) in [5.74, 6) is 0.585. The lowest BCUT2D eigenvalue weighted by atomic mass is 9.77. The van der Waals surface area contributed by atoms with Crippen molar-refractivity contribution in [3.8, 4) is 0 Å². The van der Waals surface area contributed by atoms with E-state index in [1.165, 1.54) is 6.42 Å². The van der Waals surface area contributed by atoms with Crippen LogP contribution in [0.5, 0.6) is 0 Å². The van der Waals surface area contributed by atoms with Gasteiger partial charge in [0.1, 0.15) is 0 Å². The number of carbonyl (C=O) groups excluding carboxylic acids is 1. The van der Waals surface area contributed by atoms with E-state index in [4.69, 9.17) is 0 Å². The van der Waals surface area contributed by atoms with Crippen LogP contribution in [0.1, 0.15) is 46.0 Å². The van der Waals surface area contributed by atoms with Gasteiger partial charge in [0.05, 0.1) is 18.7 Å². The number of rotatable bonds is 6.